The third-order valence-corrected chi connectivity index (χ3v) is 6.50. The number of thiophene rings is 1. The Bertz CT molecular complexity index is 1210. The van der Waals surface area contributed by atoms with Crippen molar-refractivity contribution in [3.63, 3.8) is 0 Å². The van der Waals surface area contributed by atoms with Crippen molar-refractivity contribution >= 4 is 50.6 Å². The smallest absolute Gasteiger partial charge is 0.234 e. The normalized spacial score (nSPS) is 11.0. The van der Waals surface area contributed by atoms with E-state index in [0.717, 1.165) is 26.3 Å². The number of aryl methyl sites for hydroxylation is 1. The molecule has 3 aromatic heterocycles. The molecule has 0 saturated carbocycles. The summed E-state index contributed by atoms with van der Waals surface area (Å²) in [5.41, 5.74) is 8.90. The second-order valence-corrected chi connectivity index (χ2v) is 8.55. The number of pyridine rings is 1. The number of anilines is 2. The van der Waals surface area contributed by atoms with Crippen LogP contribution in [-0.2, 0) is 11.3 Å². The lowest BCUT2D eigenvalue weighted by Crippen LogP contribution is -2.14. The number of nitrogens with two attached hydrogens (primary N) is 1. The molecule has 0 atom stereocenters. The van der Waals surface area contributed by atoms with E-state index in [4.69, 9.17) is 5.73 Å². The maximum absolute atomic E-state index is 12.4. The fourth-order valence-electron chi connectivity index (χ4n) is 2.94. The number of fused-ring (bicyclic) bond motifs is 1. The first-order chi connectivity index (χ1) is 14.6. The highest BCUT2D eigenvalue weighted by molar-refractivity contribution is 7.99. The van der Waals surface area contributed by atoms with E-state index in [1.165, 1.54) is 23.1 Å². The van der Waals surface area contributed by atoms with Crippen LogP contribution in [0, 0.1) is 6.92 Å². The largest absolute Gasteiger partial charge is 0.397 e. The first kappa shape index (κ1) is 20.1. The third kappa shape index (κ3) is 4.07. The van der Waals surface area contributed by atoms with Crippen LogP contribution in [0.1, 0.15) is 5.56 Å². The molecule has 0 aliphatic rings. The Labute approximate surface area is 182 Å². The van der Waals surface area contributed by atoms with Gasteiger partial charge in [-0.1, -0.05) is 35.5 Å². The maximum atomic E-state index is 12.4. The first-order valence-corrected chi connectivity index (χ1v) is 11.0. The Morgan fingerprint density at radius 3 is 2.83 bits per heavy atom. The number of hydrogen-bond acceptors (Lipinski definition) is 7. The predicted molar refractivity (Wildman–Crippen MR) is 124 cm³/mol. The molecule has 3 N–H and O–H groups in total. The molecule has 4 rings (SSSR count). The zero-order valence-corrected chi connectivity index (χ0v) is 18.0. The molecule has 4 aromatic rings. The number of nitrogens with zero attached hydrogens (tertiary/aromatic N) is 4. The average Bonchev–Trinajstić information content (AvgIpc) is 3.29. The number of nitrogens with one attached hydrogen (secondary N) is 1. The van der Waals surface area contributed by atoms with Gasteiger partial charge in [0.15, 0.2) is 11.0 Å². The summed E-state index contributed by atoms with van der Waals surface area (Å²) in [6, 6.07) is 11.5. The molecule has 1 amide bonds. The number of carbonyl (C=O) groups is 1. The molecule has 7 nitrogen and oxygen atoms in total. The summed E-state index contributed by atoms with van der Waals surface area (Å²) in [6.45, 7) is 6.34. The Balaban J connectivity index is 1.55. The molecule has 3 heterocycles. The number of aromatic nitrogens is 4. The van der Waals surface area contributed by atoms with Crippen molar-refractivity contribution in [2.75, 3.05) is 16.8 Å². The van der Waals surface area contributed by atoms with Crippen LogP contribution < -0.4 is 11.1 Å². The lowest BCUT2D eigenvalue weighted by Gasteiger charge is -2.08. The van der Waals surface area contributed by atoms with Crippen molar-refractivity contribution in [2.24, 2.45) is 0 Å². The molecule has 0 aliphatic heterocycles. The lowest BCUT2D eigenvalue weighted by atomic mass is 10.2. The van der Waals surface area contributed by atoms with Crippen molar-refractivity contribution in [3.8, 4) is 10.7 Å². The minimum Gasteiger partial charge on any atom is -0.397 e. The number of allylic oxidation sites excluding steroid dienone is 1. The minimum absolute atomic E-state index is 0.107. The van der Waals surface area contributed by atoms with Crippen LogP contribution in [0.2, 0.25) is 0 Å². The summed E-state index contributed by atoms with van der Waals surface area (Å²) in [6.07, 6.45) is 3.51. The molecule has 0 radical (unpaired) electrons. The predicted octanol–water partition coefficient (Wildman–Crippen LogP) is 4.36. The van der Waals surface area contributed by atoms with E-state index in [1.807, 2.05) is 47.9 Å². The number of nitrogen functional groups attached to an aromatic ring is 1. The molecular weight excluding hydrogens is 416 g/mol. The summed E-state index contributed by atoms with van der Waals surface area (Å²) in [5.74, 6) is 0.757. The highest BCUT2D eigenvalue weighted by Crippen LogP contribution is 2.39. The van der Waals surface area contributed by atoms with Gasteiger partial charge < -0.3 is 11.1 Å². The molecule has 152 valence electrons. The third-order valence-electron chi connectivity index (χ3n) is 4.40. The Hall–Kier alpha value is -3.17. The van der Waals surface area contributed by atoms with Crippen LogP contribution in [0.15, 0.2) is 60.4 Å². The van der Waals surface area contributed by atoms with Crippen molar-refractivity contribution in [1.82, 2.24) is 19.7 Å². The van der Waals surface area contributed by atoms with Crippen LogP contribution in [0.5, 0.6) is 0 Å². The summed E-state index contributed by atoms with van der Waals surface area (Å²) >= 11 is 2.80. The summed E-state index contributed by atoms with van der Waals surface area (Å²) in [4.78, 5) is 18.4. The summed E-state index contributed by atoms with van der Waals surface area (Å²) in [7, 11) is 0. The number of thioether (sulfide) groups is 1. The molecule has 0 fully saturated rings. The molecule has 0 bridgehead atoms. The number of amides is 1. The molecule has 0 spiro atoms. The van der Waals surface area contributed by atoms with E-state index in [-0.39, 0.29) is 11.7 Å². The topological polar surface area (TPSA) is 98.7 Å². The fraction of sp³-hybridized carbons (Fsp3) is 0.143. The quantitative estimate of drug-likeness (QED) is 0.330. The Morgan fingerprint density at radius 1 is 1.30 bits per heavy atom. The van der Waals surface area contributed by atoms with Gasteiger partial charge in [0.05, 0.1) is 16.3 Å². The highest BCUT2D eigenvalue weighted by Gasteiger charge is 2.20. The highest BCUT2D eigenvalue weighted by atomic mass is 32.2. The van der Waals surface area contributed by atoms with Crippen LogP contribution in [-0.4, -0.2) is 31.4 Å². The molecule has 30 heavy (non-hydrogen) atoms. The van der Waals surface area contributed by atoms with Crippen LogP contribution in [0.25, 0.3) is 20.9 Å². The Morgan fingerprint density at radius 2 is 2.10 bits per heavy atom. The monoisotopic (exact) mass is 436 g/mol. The number of hydrogen-bond donors (Lipinski definition) is 2. The zero-order valence-electron chi connectivity index (χ0n) is 16.3. The molecule has 0 saturated heterocycles. The summed E-state index contributed by atoms with van der Waals surface area (Å²) in [5, 5.41) is 13.1. The standard InChI is InChI=1S/C21H20N6OS2/c1-3-11-27-19(18-17(22)15-5-4-10-23-20(15)30-18)25-26-21(27)29-12-16(28)24-14-8-6-13(2)7-9-14/h3-10H,1,11-12,22H2,2H3,(H,24,28). The van der Waals surface area contributed by atoms with E-state index in [9.17, 15) is 4.79 Å². The molecule has 1 aromatic carbocycles. The first-order valence-electron chi connectivity index (χ1n) is 9.23. The van der Waals surface area contributed by atoms with Gasteiger partial charge in [-0.3, -0.25) is 9.36 Å². The second-order valence-electron chi connectivity index (χ2n) is 6.61. The number of rotatable bonds is 7. The van der Waals surface area contributed by atoms with Crippen LogP contribution >= 0.6 is 23.1 Å². The van der Waals surface area contributed by atoms with Crippen molar-refractivity contribution < 1.29 is 4.79 Å². The minimum atomic E-state index is -0.107. The van der Waals surface area contributed by atoms with Gasteiger partial charge in [0.2, 0.25) is 5.91 Å². The number of carbonyl (C=O) groups excluding carboxylic acids is 1. The van der Waals surface area contributed by atoms with Crippen molar-refractivity contribution in [3.05, 3.63) is 60.8 Å². The van der Waals surface area contributed by atoms with E-state index >= 15 is 0 Å². The van der Waals surface area contributed by atoms with E-state index < -0.39 is 0 Å². The maximum Gasteiger partial charge on any atom is 0.234 e. The van der Waals surface area contributed by atoms with Crippen LogP contribution in [0.3, 0.4) is 0 Å². The lowest BCUT2D eigenvalue weighted by molar-refractivity contribution is -0.113. The van der Waals surface area contributed by atoms with Gasteiger partial charge in [0.25, 0.3) is 0 Å². The van der Waals surface area contributed by atoms with Gasteiger partial charge >= 0.3 is 0 Å². The van der Waals surface area contributed by atoms with Crippen LogP contribution in [0.4, 0.5) is 11.4 Å². The van der Waals surface area contributed by atoms with Gasteiger partial charge in [0.1, 0.15) is 4.83 Å². The van der Waals surface area contributed by atoms with Gasteiger partial charge in [0, 0.05) is 23.8 Å². The van der Waals surface area contributed by atoms with Gasteiger partial charge in [-0.25, -0.2) is 4.98 Å². The van der Waals surface area contributed by atoms with E-state index in [2.05, 4.69) is 27.1 Å². The van der Waals surface area contributed by atoms with E-state index in [1.54, 1.807) is 12.3 Å². The molecule has 9 heteroatoms. The average molecular weight is 437 g/mol. The van der Waals surface area contributed by atoms with Crippen molar-refractivity contribution in [2.45, 2.75) is 18.6 Å². The van der Waals surface area contributed by atoms with Gasteiger partial charge in [-0.2, -0.15) is 0 Å². The van der Waals surface area contributed by atoms with E-state index in [0.29, 0.717) is 23.2 Å². The van der Waals surface area contributed by atoms with Gasteiger partial charge in [-0.05, 0) is 31.2 Å². The molecule has 0 unspecified atom stereocenters. The number of benzene rings is 1. The molecule has 0 aliphatic carbocycles. The summed E-state index contributed by atoms with van der Waals surface area (Å²) < 4.78 is 1.91. The molecular formula is C21H20N6OS2. The van der Waals surface area contributed by atoms with Gasteiger partial charge in [-0.15, -0.1) is 28.1 Å². The second kappa shape index (κ2) is 8.68. The van der Waals surface area contributed by atoms with Crippen molar-refractivity contribution in [1.29, 1.82) is 0 Å². The Kier molecular flexibility index (Phi) is 5.82. The zero-order chi connectivity index (χ0) is 21.1. The fourth-order valence-corrected chi connectivity index (χ4v) is 4.74. The SMILES string of the molecule is C=CCn1c(SCC(=O)Nc2ccc(C)cc2)nnc1-c1sc2ncccc2c1N.